The second-order valence-corrected chi connectivity index (χ2v) is 13.4. The molecule has 2 aliphatic rings. The summed E-state index contributed by atoms with van der Waals surface area (Å²) in [6.45, 7) is 7.37. The molecule has 4 nitrogen and oxygen atoms in total. The number of carbonyl (C=O) groups is 1. The Balaban J connectivity index is 1.58. The van der Waals surface area contributed by atoms with Crippen LogP contribution in [0.4, 0.5) is 0 Å². The monoisotopic (exact) mass is 422 g/mol. The van der Waals surface area contributed by atoms with E-state index in [1.54, 1.807) is 6.08 Å². The van der Waals surface area contributed by atoms with E-state index < -0.39 is 8.32 Å². The summed E-state index contributed by atoms with van der Waals surface area (Å²) in [4.78, 5) is 11.4. The van der Waals surface area contributed by atoms with Gasteiger partial charge in [0.05, 0.1) is 18.8 Å². The van der Waals surface area contributed by atoms with E-state index in [-0.39, 0.29) is 29.3 Å². The maximum atomic E-state index is 11.4. The first kappa shape index (κ1) is 21.0. The van der Waals surface area contributed by atoms with E-state index in [0.29, 0.717) is 6.61 Å². The molecule has 0 unspecified atom stereocenters. The van der Waals surface area contributed by atoms with Crippen LogP contribution in [0.5, 0.6) is 0 Å². The SMILES string of the molecule is CC(C)(C)[Si](OC[C@H]1CC[C@H]([C@H]2C=CC(=O)O2)O1)(c1ccccc1)c1ccccc1. The van der Waals surface area contributed by atoms with Gasteiger partial charge in [-0.05, 0) is 34.3 Å². The van der Waals surface area contributed by atoms with Gasteiger partial charge in [-0.3, -0.25) is 0 Å². The quantitative estimate of drug-likeness (QED) is 0.527. The molecule has 2 aromatic carbocycles. The molecule has 0 spiro atoms. The molecule has 5 heteroatoms. The molecule has 2 aliphatic heterocycles. The Morgan fingerprint density at radius 2 is 1.57 bits per heavy atom. The molecule has 0 N–H and O–H groups in total. The molecule has 0 aliphatic carbocycles. The highest BCUT2D eigenvalue weighted by Gasteiger charge is 2.50. The van der Waals surface area contributed by atoms with E-state index in [9.17, 15) is 4.79 Å². The minimum atomic E-state index is -2.56. The lowest BCUT2D eigenvalue weighted by molar-refractivity contribution is -0.144. The minimum Gasteiger partial charge on any atom is -0.452 e. The second-order valence-electron chi connectivity index (χ2n) is 9.11. The molecule has 0 bridgehead atoms. The van der Waals surface area contributed by atoms with Crippen molar-refractivity contribution in [3.8, 4) is 0 Å². The van der Waals surface area contributed by atoms with Crippen LogP contribution in [0.2, 0.25) is 5.04 Å². The predicted molar refractivity (Wildman–Crippen MR) is 120 cm³/mol. The van der Waals surface area contributed by atoms with Gasteiger partial charge in [0, 0.05) is 6.08 Å². The van der Waals surface area contributed by atoms with Crippen LogP contribution < -0.4 is 10.4 Å². The number of ether oxygens (including phenoxy) is 2. The zero-order valence-electron chi connectivity index (χ0n) is 17.9. The van der Waals surface area contributed by atoms with Gasteiger partial charge in [0.2, 0.25) is 0 Å². The van der Waals surface area contributed by atoms with Crippen LogP contribution in [-0.4, -0.2) is 39.2 Å². The van der Waals surface area contributed by atoms with Crippen molar-refractivity contribution < 1.29 is 18.7 Å². The van der Waals surface area contributed by atoms with E-state index in [0.717, 1.165) is 12.8 Å². The summed E-state index contributed by atoms with van der Waals surface area (Å²) in [5.74, 6) is -0.282. The van der Waals surface area contributed by atoms with E-state index in [1.165, 1.54) is 16.4 Å². The summed E-state index contributed by atoms with van der Waals surface area (Å²) in [6.07, 6.45) is 4.72. The first-order valence-corrected chi connectivity index (χ1v) is 12.6. The molecule has 2 aromatic rings. The topological polar surface area (TPSA) is 44.8 Å². The number of rotatable bonds is 6. The van der Waals surface area contributed by atoms with Gasteiger partial charge < -0.3 is 13.9 Å². The molecule has 4 rings (SSSR count). The molecule has 0 radical (unpaired) electrons. The Hall–Kier alpha value is -2.21. The molecule has 2 heterocycles. The third kappa shape index (κ3) is 4.02. The summed E-state index contributed by atoms with van der Waals surface area (Å²) in [5.41, 5.74) is 0. The molecule has 158 valence electrons. The fourth-order valence-electron chi connectivity index (χ4n) is 4.66. The highest BCUT2D eigenvalue weighted by atomic mass is 28.4. The fraction of sp³-hybridized carbons (Fsp3) is 0.400. The van der Waals surface area contributed by atoms with Gasteiger partial charge in [-0.1, -0.05) is 81.4 Å². The van der Waals surface area contributed by atoms with Gasteiger partial charge in [0.25, 0.3) is 8.32 Å². The van der Waals surface area contributed by atoms with E-state index >= 15 is 0 Å². The summed E-state index contributed by atoms with van der Waals surface area (Å²) in [5, 5.41) is 2.48. The Morgan fingerprint density at radius 1 is 0.967 bits per heavy atom. The maximum Gasteiger partial charge on any atom is 0.331 e. The molecule has 3 atom stereocenters. The number of carbonyl (C=O) groups excluding carboxylic acids is 1. The molecule has 1 saturated heterocycles. The number of hydrogen-bond acceptors (Lipinski definition) is 4. The van der Waals surface area contributed by atoms with Gasteiger partial charge in [-0.2, -0.15) is 0 Å². The van der Waals surface area contributed by atoms with Crippen LogP contribution in [0.1, 0.15) is 33.6 Å². The van der Waals surface area contributed by atoms with Crippen molar-refractivity contribution in [3.05, 3.63) is 72.8 Å². The van der Waals surface area contributed by atoms with E-state index in [2.05, 4.69) is 81.4 Å². The zero-order valence-corrected chi connectivity index (χ0v) is 18.9. The predicted octanol–water partition coefficient (Wildman–Crippen LogP) is 3.59. The lowest BCUT2D eigenvalue weighted by Crippen LogP contribution is -2.67. The largest absolute Gasteiger partial charge is 0.452 e. The van der Waals surface area contributed by atoms with Crippen LogP contribution in [0.25, 0.3) is 0 Å². The first-order valence-electron chi connectivity index (χ1n) is 10.7. The van der Waals surface area contributed by atoms with Gasteiger partial charge in [0.15, 0.2) is 0 Å². The highest BCUT2D eigenvalue weighted by molar-refractivity contribution is 6.99. The minimum absolute atomic E-state index is 0.00403. The average molecular weight is 423 g/mol. The van der Waals surface area contributed by atoms with Crippen LogP contribution in [0, 0.1) is 0 Å². The van der Waals surface area contributed by atoms with E-state index in [1.807, 2.05) is 0 Å². The molecule has 30 heavy (non-hydrogen) atoms. The lowest BCUT2D eigenvalue weighted by Gasteiger charge is -2.43. The summed E-state index contributed by atoms with van der Waals surface area (Å²) >= 11 is 0. The first-order chi connectivity index (χ1) is 14.4. The molecular formula is C25H30O4Si. The summed E-state index contributed by atoms with van der Waals surface area (Å²) in [6, 6.07) is 21.3. The number of esters is 1. The van der Waals surface area contributed by atoms with Crippen molar-refractivity contribution in [1.82, 2.24) is 0 Å². The van der Waals surface area contributed by atoms with Crippen molar-refractivity contribution in [3.63, 3.8) is 0 Å². The molecule has 0 saturated carbocycles. The number of hydrogen-bond donors (Lipinski definition) is 0. The second kappa shape index (κ2) is 8.50. The van der Waals surface area contributed by atoms with Crippen LogP contribution in [0.15, 0.2) is 72.8 Å². The number of benzene rings is 2. The van der Waals surface area contributed by atoms with Gasteiger partial charge in [0.1, 0.15) is 6.10 Å². The van der Waals surface area contributed by atoms with Gasteiger partial charge >= 0.3 is 5.97 Å². The summed E-state index contributed by atoms with van der Waals surface area (Å²) in [7, 11) is -2.56. The van der Waals surface area contributed by atoms with Crippen LogP contribution in [-0.2, 0) is 18.7 Å². The van der Waals surface area contributed by atoms with Crippen molar-refractivity contribution >= 4 is 24.7 Å². The van der Waals surface area contributed by atoms with Crippen LogP contribution in [0.3, 0.4) is 0 Å². The third-order valence-corrected chi connectivity index (χ3v) is 11.1. The van der Waals surface area contributed by atoms with Crippen LogP contribution >= 0.6 is 0 Å². The van der Waals surface area contributed by atoms with Crippen molar-refractivity contribution in [2.75, 3.05) is 6.61 Å². The van der Waals surface area contributed by atoms with Crippen molar-refractivity contribution in [2.45, 2.75) is 57.0 Å². The Labute approximate surface area is 180 Å². The molecule has 1 fully saturated rings. The van der Waals surface area contributed by atoms with Crippen molar-refractivity contribution in [1.29, 1.82) is 0 Å². The zero-order chi connectivity index (χ0) is 21.2. The normalized spacial score (nSPS) is 24.2. The Morgan fingerprint density at radius 3 is 2.07 bits per heavy atom. The third-order valence-electron chi connectivity index (χ3n) is 6.08. The summed E-state index contributed by atoms with van der Waals surface area (Å²) < 4.78 is 18.5. The highest BCUT2D eigenvalue weighted by Crippen LogP contribution is 2.37. The number of cyclic esters (lactones) is 1. The Bertz CT molecular complexity index is 849. The standard InChI is InChI=1S/C25H30O4Si/c1-25(2,3)30(20-10-6-4-7-11-20,21-12-8-5-9-13-21)27-18-19-14-15-22(28-19)23-16-17-24(26)29-23/h4-13,16-17,19,22-23H,14-15,18H2,1-3H3/t19-,22-,23-/m1/s1. The van der Waals surface area contributed by atoms with Gasteiger partial charge in [-0.15, -0.1) is 0 Å². The molecule has 0 aromatic heterocycles. The van der Waals surface area contributed by atoms with Gasteiger partial charge in [-0.25, -0.2) is 4.79 Å². The fourth-order valence-corrected chi connectivity index (χ4v) is 9.25. The lowest BCUT2D eigenvalue weighted by atomic mass is 10.1. The van der Waals surface area contributed by atoms with Crippen molar-refractivity contribution in [2.24, 2.45) is 0 Å². The van der Waals surface area contributed by atoms with E-state index in [4.69, 9.17) is 13.9 Å². The molecular weight excluding hydrogens is 392 g/mol. The maximum absolute atomic E-state index is 11.4. The smallest absolute Gasteiger partial charge is 0.331 e. The molecule has 0 amide bonds. The Kier molecular flexibility index (Phi) is 5.96. The average Bonchev–Trinajstić information content (AvgIpc) is 3.38.